The molecular weight excluding hydrogens is 420 g/mol. The third kappa shape index (κ3) is 5.83. The topological polar surface area (TPSA) is 86.0 Å². The van der Waals surface area contributed by atoms with Crippen molar-refractivity contribution in [2.45, 2.75) is 47.1 Å². The Labute approximate surface area is 193 Å². The molecule has 3 aromatic rings. The molecule has 0 radical (unpaired) electrons. The second kappa shape index (κ2) is 9.53. The number of carbonyl (C=O) groups excluding carboxylic acids is 1. The van der Waals surface area contributed by atoms with Crippen molar-refractivity contribution in [3.05, 3.63) is 64.9 Å². The van der Waals surface area contributed by atoms with Gasteiger partial charge in [-0.25, -0.2) is 4.79 Å². The van der Waals surface area contributed by atoms with Crippen LogP contribution in [-0.4, -0.2) is 29.1 Å². The summed E-state index contributed by atoms with van der Waals surface area (Å²) in [4.78, 5) is 24.1. The number of aryl methyl sites for hydroxylation is 2. The maximum Gasteiger partial charge on any atom is 0.347 e. The summed E-state index contributed by atoms with van der Waals surface area (Å²) in [6.45, 7) is 11.5. The number of hydrogen-bond donors (Lipinski definition) is 1. The number of aliphatic carboxylic acids is 1. The molecule has 1 aromatic heterocycles. The van der Waals surface area contributed by atoms with Gasteiger partial charge >= 0.3 is 5.97 Å². The average Bonchev–Trinajstić information content (AvgIpc) is 3.16. The highest BCUT2D eigenvalue weighted by Crippen LogP contribution is 2.30. The number of ketones is 1. The molecule has 6 nitrogen and oxygen atoms in total. The van der Waals surface area contributed by atoms with E-state index in [1.54, 1.807) is 18.2 Å². The molecule has 0 aliphatic heterocycles. The molecule has 0 aliphatic rings. The predicted octanol–water partition coefficient (Wildman–Crippen LogP) is 6.22. The molecule has 0 fully saturated rings. The van der Waals surface area contributed by atoms with Gasteiger partial charge in [-0.15, -0.1) is 0 Å². The molecule has 0 amide bonds. The number of carbonyl (C=O) groups is 2. The molecule has 3 rings (SSSR count). The Bertz CT molecular complexity index is 1190. The lowest BCUT2D eigenvalue weighted by atomic mass is 10.0. The van der Waals surface area contributed by atoms with Crippen LogP contribution in [0.3, 0.4) is 0 Å². The van der Waals surface area contributed by atoms with E-state index in [1.165, 1.54) is 19.9 Å². The number of carboxylic acids is 1. The summed E-state index contributed by atoms with van der Waals surface area (Å²) < 4.78 is 17.2. The molecular formula is C27H30O6. The number of hydrogen-bond acceptors (Lipinski definition) is 5. The van der Waals surface area contributed by atoms with Crippen LogP contribution in [0.2, 0.25) is 0 Å². The van der Waals surface area contributed by atoms with Crippen molar-refractivity contribution in [1.82, 2.24) is 0 Å². The van der Waals surface area contributed by atoms with Gasteiger partial charge in [-0.2, -0.15) is 0 Å². The number of rotatable bonds is 9. The third-order valence-electron chi connectivity index (χ3n) is 5.10. The van der Waals surface area contributed by atoms with Gasteiger partial charge in [-0.1, -0.05) is 19.9 Å². The van der Waals surface area contributed by atoms with E-state index in [2.05, 4.69) is 13.8 Å². The zero-order chi connectivity index (χ0) is 24.3. The molecule has 2 aromatic carbocycles. The van der Waals surface area contributed by atoms with E-state index in [-0.39, 0.29) is 11.5 Å². The van der Waals surface area contributed by atoms with Crippen molar-refractivity contribution < 1.29 is 28.6 Å². The SMILES string of the molecule is Cc1cc(/C=C/C(=O)c2cc3ccc(OCC(C)C)cc3o2)cc(C)c1OC(C)(C)C(=O)O. The molecule has 0 unspecified atom stereocenters. The number of ether oxygens (including phenoxy) is 2. The summed E-state index contributed by atoms with van der Waals surface area (Å²) in [7, 11) is 0. The van der Waals surface area contributed by atoms with Gasteiger partial charge in [0, 0.05) is 11.5 Å². The Morgan fingerprint density at radius 2 is 1.76 bits per heavy atom. The van der Waals surface area contributed by atoms with Gasteiger partial charge in [0.15, 0.2) is 11.4 Å². The van der Waals surface area contributed by atoms with Gasteiger partial charge in [0.25, 0.3) is 0 Å². The van der Waals surface area contributed by atoms with Crippen LogP contribution in [0.1, 0.15) is 54.9 Å². The minimum Gasteiger partial charge on any atom is -0.493 e. The zero-order valence-corrected chi connectivity index (χ0v) is 19.9. The van der Waals surface area contributed by atoms with Crippen LogP contribution in [0.4, 0.5) is 0 Å². The van der Waals surface area contributed by atoms with E-state index in [1.807, 2.05) is 38.1 Å². The molecule has 0 spiro atoms. The minimum absolute atomic E-state index is 0.249. The lowest BCUT2D eigenvalue weighted by molar-refractivity contribution is -0.152. The van der Waals surface area contributed by atoms with Crippen LogP contribution in [0, 0.1) is 19.8 Å². The van der Waals surface area contributed by atoms with Gasteiger partial charge < -0.3 is 19.0 Å². The molecule has 33 heavy (non-hydrogen) atoms. The maximum absolute atomic E-state index is 12.7. The first-order valence-electron chi connectivity index (χ1n) is 10.9. The van der Waals surface area contributed by atoms with Gasteiger partial charge in [0.05, 0.1) is 6.61 Å². The van der Waals surface area contributed by atoms with Crippen LogP contribution in [0.15, 0.2) is 46.9 Å². The first kappa shape index (κ1) is 24.1. The Kier molecular flexibility index (Phi) is 6.96. The lowest BCUT2D eigenvalue weighted by Gasteiger charge is -2.24. The van der Waals surface area contributed by atoms with Crippen LogP contribution in [0.5, 0.6) is 11.5 Å². The average molecular weight is 451 g/mol. The van der Waals surface area contributed by atoms with Gasteiger partial charge in [-0.05, 0) is 86.7 Å². The second-order valence-corrected chi connectivity index (χ2v) is 9.11. The first-order valence-corrected chi connectivity index (χ1v) is 10.9. The highest BCUT2D eigenvalue weighted by Gasteiger charge is 2.30. The Balaban J connectivity index is 1.77. The van der Waals surface area contributed by atoms with Gasteiger partial charge in [0.1, 0.15) is 17.1 Å². The summed E-state index contributed by atoms with van der Waals surface area (Å²) in [5, 5.41) is 10.2. The smallest absolute Gasteiger partial charge is 0.347 e. The van der Waals surface area contributed by atoms with E-state index in [0.29, 0.717) is 29.6 Å². The van der Waals surface area contributed by atoms with E-state index < -0.39 is 11.6 Å². The van der Waals surface area contributed by atoms with E-state index in [9.17, 15) is 14.7 Å². The summed E-state index contributed by atoms with van der Waals surface area (Å²) >= 11 is 0. The standard InChI is InChI=1S/C27H30O6/c1-16(2)15-31-21-9-8-20-13-24(32-23(20)14-21)22(28)10-7-19-11-17(3)25(18(4)12-19)33-27(5,6)26(29)30/h7-14,16H,15H2,1-6H3,(H,29,30)/b10-7+. The summed E-state index contributed by atoms with van der Waals surface area (Å²) in [6.07, 6.45) is 3.17. The Morgan fingerprint density at radius 3 is 2.36 bits per heavy atom. The molecule has 1 heterocycles. The molecule has 0 bridgehead atoms. The minimum atomic E-state index is -1.34. The van der Waals surface area contributed by atoms with Crippen molar-refractivity contribution in [1.29, 1.82) is 0 Å². The van der Waals surface area contributed by atoms with Crippen molar-refractivity contribution in [2.75, 3.05) is 6.61 Å². The van der Waals surface area contributed by atoms with Crippen molar-refractivity contribution >= 4 is 28.8 Å². The normalized spacial score (nSPS) is 12.0. The fourth-order valence-corrected chi connectivity index (χ4v) is 3.28. The second-order valence-electron chi connectivity index (χ2n) is 9.11. The largest absolute Gasteiger partial charge is 0.493 e. The van der Waals surface area contributed by atoms with Crippen LogP contribution in [-0.2, 0) is 4.79 Å². The van der Waals surface area contributed by atoms with E-state index in [4.69, 9.17) is 13.9 Å². The Hall–Kier alpha value is -3.54. The van der Waals surface area contributed by atoms with Gasteiger partial charge in [0.2, 0.25) is 5.78 Å². The fourth-order valence-electron chi connectivity index (χ4n) is 3.28. The molecule has 6 heteroatoms. The number of furan rings is 1. The molecule has 0 aliphatic carbocycles. The predicted molar refractivity (Wildman–Crippen MR) is 128 cm³/mol. The molecule has 0 saturated carbocycles. The van der Waals surface area contributed by atoms with E-state index >= 15 is 0 Å². The first-order chi connectivity index (χ1) is 15.5. The fraction of sp³-hybridized carbons (Fsp3) is 0.333. The molecule has 0 atom stereocenters. The number of carboxylic acid groups (broad SMARTS) is 1. The highest BCUT2D eigenvalue weighted by molar-refractivity contribution is 6.07. The van der Waals surface area contributed by atoms with Crippen LogP contribution in [0.25, 0.3) is 17.0 Å². The molecule has 0 saturated heterocycles. The summed E-state index contributed by atoms with van der Waals surface area (Å²) in [5.74, 6) is 0.604. The molecule has 174 valence electrons. The van der Waals surface area contributed by atoms with Crippen molar-refractivity contribution in [2.24, 2.45) is 5.92 Å². The zero-order valence-electron chi connectivity index (χ0n) is 19.9. The van der Waals surface area contributed by atoms with Crippen molar-refractivity contribution in [3.63, 3.8) is 0 Å². The number of fused-ring (bicyclic) bond motifs is 1. The highest BCUT2D eigenvalue weighted by atomic mass is 16.5. The summed E-state index contributed by atoms with van der Waals surface area (Å²) in [6, 6.07) is 10.9. The quantitative estimate of drug-likeness (QED) is 0.307. The number of benzene rings is 2. The van der Waals surface area contributed by atoms with Crippen LogP contribution >= 0.6 is 0 Å². The lowest BCUT2D eigenvalue weighted by Crippen LogP contribution is -2.38. The van der Waals surface area contributed by atoms with E-state index in [0.717, 1.165) is 22.1 Å². The Morgan fingerprint density at radius 1 is 1.09 bits per heavy atom. The monoisotopic (exact) mass is 450 g/mol. The number of allylic oxidation sites excluding steroid dienone is 1. The summed E-state index contributed by atoms with van der Waals surface area (Å²) in [5.41, 5.74) is 1.63. The van der Waals surface area contributed by atoms with Gasteiger partial charge in [-0.3, -0.25) is 4.79 Å². The van der Waals surface area contributed by atoms with Crippen LogP contribution < -0.4 is 9.47 Å². The third-order valence-corrected chi connectivity index (χ3v) is 5.10. The van der Waals surface area contributed by atoms with Crippen molar-refractivity contribution in [3.8, 4) is 11.5 Å². The maximum atomic E-state index is 12.7. The molecule has 1 N–H and O–H groups in total.